The lowest BCUT2D eigenvalue weighted by Gasteiger charge is -2.16. The van der Waals surface area contributed by atoms with Gasteiger partial charge in [-0.2, -0.15) is 5.10 Å². The molecule has 1 rings (SSSR count). The number of hydrogen-bond acceptors (Lipinski definition) is 3. The predicted octanol–water partition coefficient (Wildman–Crippen LogP) is 0.907. The van der Waals surface area contributed by atoms with Crippen LogP contribution in [0.3, 0.4) is 0 Å². The zero-order chi connectivity index (χ0) is 12.5. The van der Waals surface area contributed by atoms with Crippen LogP contribution in [0, 0.1) is 0 Å². The number of amides is 1. The Morgan fingerprint density at radius 3 is 3.00 bits per heavy atom. The molecule has 0 spiro atoms. The molecule has 1 unspecified atom stereocenters. The fourth-order valence-corrected chi connectivity index (χ4v) is 1.65. The Morgan fingerprint density at radius 2 is 2.41 bits per heavy atom. The zero-order valence-corrected chi connectivity index (χ0v) is 10.4. The summed E-state index contributed by atoms with van der Waals surface area (Å²) in [6.07, 6.45) is 7.19. The van der Waals surface area contributed by atoms with Gasteiger partial charge in [0, 0.05) is 37.9 Å². The molecule has 3 N–H and O–H groups in total. The Labute approximate surface area is 102 Å². The van der Waals surface area contributed by atoms with Crippen molar-refractivity contribution in [1.29, 1.82) is 0 Å². The Bertz CT molecular complexity index is 310. The molecule has 0 radical (unpaired) electrons. The number of nitrogens with two attached hydrogens (primary N) is 1. The van der Waals surface area contributed by atoms with Crippen LogP contribution in [0.25, 0.3) is 0 Å². The van der Waals surface area contributed by atoms with Crippen LogP contribution in [0.5, 0.6) is 0 Å². The summed E-state index contributed by atoms with van der Waals surface area (Å²) in [6, 6.07) is 1.96. The number of aryl methyl sites for hydroxylation is 1. The van der Waals surface area contributed by atoms with Crippen molar-refractivity contribution < 1.29 is 4.79 Å². The number of unbranched alkanes of at least 4 members (excludes halogenated alkanes) is 1. The fraction of sp³-hybridized carbons (Fsp3) is 0.667. The van der Waals surface area contributed by atoms with Gasteiger partial charge in [0.2, 0.25) is 5.91 Å². The van der Waals surface area contributed by atoms with Crippen molar-refractivity contribution in [2.24, 2.45) is 5.73 Å². The van der Waals surface area contributed by atoms with Crippen LogP contribution in [-0.4, -0.2) is 28.3 Å². The van der Waals surface area contributed by atoms with Crippen LogP contribution in [0.2, 0.25) is 0 Å². The molecule has 1 aromatic rings. The molecule has 0 saturated heterocycles. The van der Waals surface area contributed by atoms with E-state index in [2.05, 4.69) is 17.3 Å². The van der Waals surface area contributed by atoms with Crippen LogP contribution >= 0.6 is 0 Å². The lowest BCUT2D eigenvalue weighted by Crippen LogP contribution is -2.40. The molecular weight excluding hydrogens is 216 g/mol. The Hall–Kier alpha value is -1.36. The molecular formula is C12H22N4O. The third kappa shape index (κ3) is 5.49. The van der Waals surface area contributed by atoms with Crippen molar-refractivity contribution in [3.05, 3.63) is 18.5 Å². The number of nitrogens with zero attached hydrogens (tertiary/aromatic N) is 2. The Kier molecular flexibility index (Phi) is 6.32. The number of hydrogen-bond donors (Lipinski definition) is 2. The number of rotatable bonds is 8. The summed E-state index contributed by atoms with van der Waals surface area (Å²) >= 11 is 0. The highest BCUT2D eigenvalue weighted by Crippen LogP contribution is 2.00. The molecule has 0 fully saturated rings. The first kappa shape index (κ1) is 13.7. The van der Waals surface area contributed by atoms with Crippen molar-refractivity contribution in [3.8, 4) is 0 Å². The van der Waals surface area contributed by atoms with Crippen molar-refractivity contribution in [3.63, 3.8) is 0 Å². The molecule has 96 valence electrons. The maximum Gasteiger partial charge on any atom is 0.222 e. The van der Waals surface area contributed by atoms with Crippen molar-refractivity contribution in [2.75, 3.05) is 6.54 Å². The van der Waals surface area contributed by atoms with Crippen molar-refractivity contribution >= 4 is 5.91 Å². The van der Waals surface area contributed by atoms with E-state index in [4.69, 9.17) is 5.73 Å². The molecule has 1 amide bonds. The van der Waals surface area contributed by atoms with E-state index in [0.29, 0.717) is 19.5 Å². The maximum absolute atomic E-state index is 11.7. The highest BCUT2D eigenvalue weighted by atomic mass is 16.1. The van der Waals surface area contributed by atoms with E-state index in [1.807, 2.05) is 12.3 Å². The normalized spacial score (nSPS) is 12.4. The van der Waals surface area contributed by atoms with Gasteiger partial charge in [0.1, 0.15) is 0 Å². The minimum Gasteiger partial charge on any atom is -0.352 e. The Morgan fingerprint density at radius 1 is 1.59 bits per heavy atom. The summed E-state index contributed by atoms with van der Waals surface area (Å²) in [7, 11) is 0. The summed E-state index contributed by atoms with van der Waals surface area (Å²) in [5, 5.41) is 7.01. The van der Waals surface area contributed by atoms with Gasteiger partial charge in [0.15, 0.2) is 0 Å². The van der Waals surface area contributed by atoms with E-state index in [-0.39, 0.29) is 11.9 Å². The molecule has 17 heavy (non-hydrogen) atoms. The van der Waals surface area contributed by atoms with E-state index >= 15 is 0 Å². The first-order valence-electron chi connectivity index (χ1n) is 6.23. The van der Waals surface area contributed by atoms with Crippen LogP contribution in [0.15, 0.2) is 18.5 Å². The van der Waals surface area contributed by atoms with Gasteiger partial charge in [0.25, 0.3) is 0 Å². The monoisotopic (exact) mass is 238 g/mol. The predicted molar refractivity (Wildman–Crippen MR) is 67.4 cm³/mol. The van der Waals surface area contributed by atoms with E-state index in [1.165, 1.54) is 0 Å². The summed E-state index contributed by atoms with van der Waals surface area (Å²) in [4.78, 5) is 11.7. The van der Waals surface area contributed by atoms with Crippen LogP contribution in [-0.2, 0) is 11.3 Å². The van der Waals surface area contributed by atoms with Gasteiger partial charge in [-0.3, -0.25) is 9.48 Å². The maximum atomic E-state index is 11.7. The van der Waals surface area contributed by atoms with Crippen LogP contribution in [0.1, 0.15) is 32.6 Å². The lowest BCUT2D eigenvalue weighted by molar-refractivity contribution is -0.122. The Balaban J connectivity index is 2.22. The molecule has 0 aliphatic rings. The van der Waals surface area contributed by atoms with E-state index in [1.54, 1.807) is 10.9 Å². The van der Waals surface area contributed by atoms with E-state index in [9.17, 15) is 4.79 Å². The van der Waals surface area contributed by atoms with Gasteiger partial charge in [-0.15, -0.1) is 0 Å². The summed E-state index contributed by atoms with van der Waals surface area (Å²) in [6.45, 7) is 3.25. The first-order chi connectivity index (χ1) is 8.26. The minimum absolute atomic E-state index is 0.0482. The smallest absolute Gasteiger partial charge is 0.222 e. The van der Waals surface area contributed by atoms with Crippen LogP contribution in [0.4, 0.5) is 0 Å². The zero-order valence-electron chi connectivity index (χ0n) is 10.4. The highest BCUT2D eigenvalue weighted by Gasteiger charge is 2.09. The molecule has 5 heteroatoms. The number of carbonyl (C=O) groups is 1. The first-order valence-corrected chi connectivity index (χ1v) is 6.23. The fourth-order valence-electron chi connectivity index (χ4n) is 1.65. The topological polar surface area (TPSA) is 72.9 Å². The molecule has 0 aromatic carbocycles. The molecule has 1 atom stereocenters. The van der Waals surface area contributed by atoms with Gasteiger partial charge in [-0.1, -0.05) is 19.8 Å². The van der Waals surface area contributed by atoms with E-state index < -0.39 is 0 Å². The van der Waals surface area contributed by atoms with Gasteiger partial charge >= 0.3 is 0 Å². The molecule has 0 saturated carbocycles. The van der Waals surface area contributed by atoms with Crippen LogP contribution < -0.4 is 11.1 Å². The molecule has 1 heterocycles. The number of carbonyl (C=O) groups excluding carboxylic acids is 1. The average molecular weight is 238 g/mol. The van der Waals surface area contributed by atoms with Gasteiger partial charge in [-0.05, 0) is 12.5 Å². The van der Waals surface area contributed by atoms with Crippen molar-refractivity contribution in [1.82, 2.24) is 15.1 Å². The van der Waals surface area contributed by atoms with Gasteiger partial charge < -0.3 is 11.1 Å². The van der Waals surface area contributed by atoms with E-state index in [0.717, 1.165) is 19.3 Å². The molecule has 0 aliphatic carbocycles. The quantitative estimate of drug-likeness (QED) is 0.707. The average Bonchev–Trinajstić information content (AvgIpc) is 2.85. The molecule has 0 bridgehead atoms. The third-order valence-corrected chi connectivity index (χ3v) is 2.68. The summed E-state index contributed by atoms with van der Waals surface area (Å²) < 4.78 is 1.75. The molecule has 5 nitrogen and oxygen atoms in total. The number of nitrogens with one attached hydrogen (secondary N) is 1. The lowest BCUT2D eigenvalue weighted by atomic mass is 10.1. The second-order valence-electron chi connectivity index (χ2n) is 4.16. The summed E-state index contributed by atoms with van der Waals surface area (Å²) in [5.41, 5.74) is 5.62. The molecule has 0 aliphatic heterocycles. The third-order valence-electron chi connectivity index (χ3n) is 2.68. The van der Waals surface area contributed by atoms with Gasteiger partial charge in [-0.25, -0.2) is 0 Å². The standard InChI is InChI=1S/C12H22N4O/c1-2-3-5-11(10-13)15-12(17)6-9-16-8-4-7-14-16/h4,7-8,11H,2-3,5-6,9-10,13H2,1H3,(H,15,17). The largest absolute Gasteiger partial charge is 0.352 e. The second-order valence-corrected chi connectivity index (χ2v) is 4.16. The molecule has 1 aromatic heterocycles. The highest BCUT2D eigenvalue weighted by molar-refractivity contribution is 5.76. The number of aromatic nitrogens is 2. The second kappa shape index (κ2) is 7.84. The summed E-state index contributed by atoms with van der Waals surface area (Å²) in [5.74, 6) is 0.0482. The minimum atomic E-state index is 0.0482. The SMILES string of the molecule is CCCCC(CN)NC(=O)CCn1cccn1. The van der Waals surface area contributed by atoms with Crippen molar-refractivity contribution in [2.45, 2.75) is 45.2 Å². The van der Waals surface area contributed by atoms with Gasteiger partial charge in [0.05, 0.1) is 0 Å².